The molecule has 1 saturated carbocycles. The first-order valence-corrected chi connectivity index (χ1v) is 6.92. The van der Waals surface area contributed by atoms with Gasteiger partial charge in [0.05, 0.1) is 12.2 Å². The van der Waals surface area contributed by atoms with Crippen molar-refractivity contribution in [2.24, 2.45) is 11.7 Å². The second-order valence-corrected chi connectivity index (χ2v) is 5.47. The van der Waals surface area contributed by atoms with Crippen LogP contribution in [0.25, 0.3) is 0 Å². The monoisotopic (exact) mass is 303 g/mol. The molecule has 0 aliphatic heterocycles. The van der Waals surface area contributed by atoms with Crippen molar-refractivity contribution in [2.45, 2.75) is 31.9 Å². The Hall–Kier alpha value is -1.30. The van der Waals surface area contributed by atoms with Crippen molar-refractivity contribution in [3.05, 3.63) is 29.3 Å². The number of thiocarbonyl (C=S) groups is 1. The SMILES string of the molecule is NC(=S)c1cc(OCC2CCCC2)ccc1C(F)(F)F. The Labute approximate surface area is 121 Å². The average molecular weight is 303 g/mol. The molecule has 6 heteroatoms. The van der Waals surface area contributed by atoms with Gasteiger partial charge in [-0.2, -0.15) is 13.2 Å². The summed E-state index contributed by atoms with van der Waals surface area (Å²) in [7, 11) is 0. The van der Waals surface area contributed by atoms with Gasteiger partial charge in [0.25, 0.3) is 0 Å². The molecule has 0 spiro atoms. The minimum atomic E-state index is -4.47. The largest absolute Gasteiger partial charge is 0.493 e. The quantitative estimate of drug-likeness (QED) is 0.857. The molecule has 0 saturated heterocycles. The van der Waals surface area contributed by atoms with Gasteiger partial charge in [-0.1, -0.05) is 25.1 Å². The highest BCUT2D eigenvalue weighted by molar-refractivity contribution is 7.80. The first-order valence-electron chi connectivity index (χ1n) is 6.52. The fourth-order valence-electron chi connectivity index (χ4n) is 2.46. The molecular formula is C14H16F3NOS. The van der Waals surface area contributed by atoms with Crippen molar-refractivity contribution in [3.63, 3.8) is 0 Å². The summed E-state index contributed by atoms with van der Waals surface area (Å²) in [6.07, 6.45) is 0.146. The number of alkyl halides is 3. The van der Waals surface area contributed by atoms with Crippen LogP contribution in [0.2, 0.25) is 0 Å². The van der Waals surface area contributed by atoms with Gasteiger partial charge in [0.15, 0.2) is 0 Å². The zero-order valence-electron chi connectivity index (χ0n) is 10.9. The average Bonchev–Trinajstić information content (AvgIpc) is 2.88. The van der Waals surface area contributed by atoms with E-state index in [0.29, 0.717) is 18.3 Å². The molecule has 0 heterocycles. The summed E-state index contributed by atoms with van der Waals surface area (Å²) in [6, 6.07) is 3.57. The molecule has 2 rings (SSSR count). The molecule has 1 aromatic carbocycles. The Kier molecular flexibility index (Phi) is 4.52. The van der Waals surface area contributed by atoms with Crippen molar-refractivity contribution in [3.8, 4) is 5.75 Å². The maximum absolute atomic E-state index is 12.8. The molecule has 20 heavy (non-hydrogen) atoms. The molecule has 110 valence electrons. The molecule has 0 bridgehead atoms. The Morgan fingerprint density at radius 3 is 2.50 bits per heavy atom. The van der Waals surface area contributed by atoms with E-state index in [2.05, 4.69) is 0 Å². The first-order chi connectivity index (χ1) is 9.38. The number of rotatable bonds is 4. The Morgan fingerprint density at radius 2 is 1.95 bits per heavy atom. The topological polar surface area (TPSA) is 35.2 Å². The molecule has 0 radical (unpaired) electrons. The fraction of sp³-hybridized carbons (Fsp3) is 0.500. The third-order valence-electron chi connectivity index (χ3n) is 3.52. The zero-order valence-corrected chi connectivity index (χ0v) is 11.7. The normalized spacial score (nSPS) is 16.4. The molecule has 0 aromatic heterocycles. The zero-order chi connectivity index (χ0) is 14.8. The van der Waals surface area contributed by atoms with Gasteiger partial charge < -0.3 is 10.5 Å². The van der Waals surface area contributed by atoms with Gasteiger partial charge in [-0.3, -0.25) is 0 Å². The standard InChI is InChI=1S/C14H16F3NOS/c15-14(16,17)12-6-5-10(7-11(12)13(18)20)19-8-9-3-1-2-4-9/h5-7,9H,1-4,8H2,(H2,18,20). The maximum Gasteiger partial charge on any atom is 0.417 e. The predicted octanol–water partition coefficient (Wildman–Crippen LogP) is 3.91. The van der Waals surface area contributed by atoms with E-state index in [1.165, 1.54) is 25.0 Å². The van der Waals surface area contributed by atoms with Crippen molar-refractivity contribution in [2.75, 3.05) is 6.61 Å². The van der Waals surface area contributed by atoms with E-state index in [1.54, 1.807) is 0 Å². The van der Waals surface area contributed by atoms with Crippen LogP contribution in [0.4, 0.5) is 13.2 Å². The highest BCUT2D eigenvalue weighted by Crippen LogP contribution is 2.34. The lowest BCUT2D eigenvalue weighted by Gasteiger charge is -2.15. The lowest BCUT2D eigenvalue weighted by Crippen LogP contribution is -2.18. The number of hydrogen-bond donors (Lipinski definition) is 1. The molecule has 1 aliphatic rings. The van der Waals surface area contributed by atoms with E-state index in [0.717, 1.165) is 18.9 Å². The van der Waals surface area contributed by atoms with Crippen LogP contribution in [-0.4, -0.2) is 11.6 Å². The van der Waals surface area contributed by atoms with Crippen LogP contribution < -0.4 is 10.5 Å². The van der Waals surface area contributed by atoms with Crippen LogP contribution in [0.5, 0.6) is 5.75 Å². The van der Waals surface area contributed by atoms with Crippen molar-refractivity contribution >= 4 is 17.2 Å². The summed E-state index contributed by atoms with van der Waals surface area (Å²) >= 11 is 4.69. The summed E-state index contributed by atoms with van der Waals surface area (Å²) in [5, 5.41) is 0. The summed E-state index contributed by atoms with van der Waals surface area (Å²) < 4.78 is 44.0. The van der Waals surface area contributed by atoms with Crippen LogP contribution in [0, 0.1) is 5.92 Å². The lowest BCUT2D eigenvalue weighted by atomic mass is 10.1. The highest BCUT2D eigenvalue weighted by atomic mass is 32.1. The van der Waals surface area contributed by atoms with E-state index in [1.807, 2.05) is 0 Å². The van der Waals surface area contributed by atoms with E-state index in [9.17, 15) is 13.2 Å². The smallest absolute Gasteiger partial charge is 0.417 e. The van der Waals surface area contributed by atoms with Crippen molar-refractivity contribution in [1.82, 2.24) is 0 Å². The van der Waals surface area contributed by atoms with Gasteiger partial charge in [0, 0.05) is 5.56 Å². The van der Waals surface area contributed by atoms with E-state index >= 15 is 0 Å². The highest BCUT2D eigenvalue weighted by Gasteiger charge is 2.34. The van der Waals surface area contributed by atoms with Crippen LogP contribution >= 0.6 is 12.2 Å². The van der Waals surface area contributed by atoms with Gasteiger partial charge in [-0.25, -0.2) is 0 Å². The molecule has 2 nitrogen and oxygen atoms in total. The number of halogens is 3. The van der Waals surface area contributed by atoms with Crippen molar-refractivity contribution < 1.29 is 17.9 Å². The van der Waals surface area contributed by atoms with Gasteiger partial charge in [0.1, 0.15) is 10.7 Å². The summed E-state index contributed by atoms with van der Waals surface area (Å²) in [5.41, 5.74) is 4.37. The van der Waals surface area contributed by atoms with Crippen LogP contribution in [0.15, 0.2) is 18.2 Å². The number of benzene rings is 1. The fourth-order valence-corrected chi connectivity index (χ4v) is 2.62. The van der Waals surface area contributed by atoms with E-state index in [4.69, 9.17) is 22.7 Å². The van der Waals surface area contributed by atoms with E-state index in [-0.39, 0.29) is 10.6 Å². The molecule has 0 unspecified atom stereocenters. The molecule has 0 amide bonds. The first kappa shape index (κ1) is 15.1. The molecule has 0 atom stereocenters. The second kappa shape index (κ2) is 5.99. The lowest BCUT2D eigenvalue weighted by molar-refractivity contribution is -0.137. The number of nitrogens with two attached hydrogens (primary N) is 1. The van der Waals surface area contributed by atoms with Crippen molar-refractivity contribution in [1.29, 1.82) is 0 Å². The van der Waals surface area contributed by atoms with E-state index < -0.39 is 11.7 Å². The Bertz CT molecular complexity index is 496. The summed E-state index contributed by atoms with van der Waals surface area (Å²) in [6.45, 7) is 0.530. The van der Waals surface area contributed by atoms with Gasteiger partial charge in [-0.05, 0) is 37.0 Å². The molecule has 1 aromatic rings. The maximum atomic E-state index is 12.8. The van der Waals surface area contributed by atoms with Crippen LogP contribution in [-0.2, 0) is 6.18 Å². The molecule has 2 N–H and O–H groups in total. The molecule has 1 aliphatic carbocycles. The predicted molar refractivity (Wildman–Crippen MR) is 74.8 cm³/mol. The minimum Gasteiger partial charge on any atom is -0.493 e. The molecule has 1 fully saturated rings. The molecular weight excluding hydrogens is 287 g/mol. The minimum absolute atomic E-state index is 0.184. The van der Waals surface area contributed by atoms with Gasteiger partial charge in [0.2, 0.25) is 0 Å². The number of ether oxygens (including phenoxy) is 1. The number of hydrogen-bond acceptors (Lipinski definition) is 2. The Morgan fingerprint density at radius 1 is 1.30 bits per heavy atom. The third kappa shape index (κ3) is 3.62. The van der Waals surface area contributed by atoms with Gasteiger partial charge >= 0.3 is 6.18 Å². The Balaban J connectivity index is 2.15. The third-order valence-corrected chi connectivity index (χ3v) is 3.74. The van der Waals surface area contributed by atoms with Crippen LogP contribution in [0.1, 0.15) is 36.8 Å². The van der Waals surface area contributed by atoms with Gasteiger partial charge in [-0.15, -0.1) is 0 Å². The van der Waals surface area contributed by atoms with Crippen LogP contribution in [0.3, 0.4) is 0 Å². The summed E-state index contributed by atoms with van der Waals surface area (Å²) in [4.78, 5) is -0.274. The second-order valence-electron chi connectivity index (χ2n) is 5.03. The summed E-state index contributed by atoms with van der Waals surface area (Å²) in [5.74, 6) is 0.873.